The van der Waals surface area contributed by atoms with Crippen molar-refractivity contribution < 1.29 is 18.1 Å². The molecule has 4 rings (SSSR count). The van der Waals surface area contributed by atoms with Crippen molar-refractivity contribution in [2.24, 2.45) is 0 Å². The largest absolute Gasteiger partial charge is 0.363 e. The molecule has 0 unspecified atom stereocenters. The molecule has 3 aromatic heterocycles. The van der Waals surface area contributed by atoms with E-state index in [-0.39, 0.29) is 11.5 Å². The molecule has 0 bridgehead atoms. The van der Waals surface area contributed by atoms with Crippen molar-refractivity contribution >= 4 is 5.91 Å². The van der Waals surface area contributed by atoms with Gasteiger partial charge in [-0.05, 0) is 23.8 Å². The van der Waals surface area contributed by atoms with Gasteiger partial charge < -0.3 is 14.8 Å². The van der Waals surface area contributed by atoms with E-state index < -0.39 is 11.6 Å². The number of hydrogen-bond donors (Lipinski definition) is 2. The third-order valence-corrected chi connectivity index (χ3v) is 4.19. The summed E-state index contributed by atoms with van der Waals surface area (Å²) in [5, 5.41) is 6.65. The number of benzene rings is 1. The van der Waals surface area contributed by atoms with Crippen LogP contribution in [0, 0.1) is 11.6 Å². The zero-order valence-corrected chi connectivity index (χ0v) is 14.4. The molecule has 0 saturated carbocycles. The van der Waals surface area contributed by atoms with Gasteiger partial charge in [0.05, 0.1) is 5.56 Å². The maximum atomic E-state index is 14.1. The summed E-state index contributed by atoms with van der Waals surface area (Å²) in [4.78, 5) is 19.2. The molecule has 28 heavy (non-hydrogen) atoms. The SMILES string of the molecule is O=C(NCc1cccnc1)c1cc(-c2nocc2-c2cccc(F)c2F)c[nH]1. The molecule has 1 amide bonds. The van der Waals surface area contributed by atoms with Crippen LogP contribution in [-0.4, -0.2) is 21.0 Å². The van der Waals surface area contributed by atoms with Crippen LogP contribution in [0.5, 0.6) is 0 Å². The predicted molar refractivity (Wildman–Crippen MR) is 97.0 cm³/mol. The fourth-order valence-electron chi connectivity index (χ4n) is 2.79. The number of carbonyl (C=O) groups excluding carboxylic acids is 1. The third-order valence-electron chi connectivity index (χ3n) is 4.19. The van der Waals surface area contributed by atoms with Gasteiger partial charge >= 0.3 is 0 Å². The number of pyridine rings is 1. The van der Waals surface area contributed by atoms with E-state index in [1.807, 2.05) is 6.07 Å². The summed E-state index contributed by atoms with van der Waals surface area (Å²) >= 11 is 0. The normalized spacial score (nSPS) is 10.8. The van der Waals surface area contributed by atoms with Crippen LogP contribution in [0.1, 0.15) is 16.1 Å². The summed E-state index contributed by atoms with van der Waals surface area (Å²) in [6.07, 6.45) is 6.11. The van der Waals surface area contributed by atoms with E-state index in [0.717, 1.165) is 11.6 Å². The molecule has 8 heteroatoms. The van der Waals surface area contributed by atoms with Crippen LogP contribution in [0.15, 0.2) is 65.8 Å². The van der Waals surface area contributed by atoms with Gasteiger partial charge in [0.1, 0.15) is 17.7 Å². The maximum absolute atomic E-state index is 14.1. The van der Waals surface area contributed by atoms with E-state index >= 15 is 0 Å². The number of nitrogens with one attached hydrogen (secondary N) is 2. The van der Waals surface area contributed by atoms with Gasteiger partial charge in [0.25, 0.3) is 5.91 Å². The topological polar surface area (TPSA) is 83.8 Å². The van der Waals surface area contributed by atoms with Crippen LogP contribution in [0.4, 0.5) is 8.78 Å². The van der Waals surface area contributed by atoms with E-state index in [1.165, 1.54) is 18.4 Å². The van der Waals surface area contributed by atoms with E-state index in [1.54, 1.807) is 30.7 Å². The van der Waals surface area contributed by atoms with Crippen LogP contribution in [0.3, 0.4) is 0 Å². The lowest BCUT2D eigenvalue weighted by molar-refractivity contribution is 0.0946. The first-order chi connectivity index (χ1) is 13.6. The lowest BCUT2D eigenvalue weighted by atomic mass is 10.0. The molecule has 0 spiro atoms. The van der Waals surface area contributed by atoms with Crippen LogP contribution >= 0.6 is 0 Å². The van der Waals surface area contributed by atoms with Crippen molar-refractivity contribution in [3.05, 3.63) is 84.1 Å². The molecule has 0 saturated heterocycles. The van der Waals surface area contributed by atoms with Gasteiger partial charge in [-0.25, -0.2) is 8.78 Å². The Morgan fingerprint density at radius 2 is 2.07 bits per heavy atom. The Hall–Kier alpha value is -3.81. The second-order valence-electron chi connectivity index (χ2n) is 6.02. The highest BCUT2D eigenvalue weighted by atomic mass is 19.2. The van der Waals surface area contributed by atoms with Crippen molar-refractivity contribution in [2.45, 2.75) is 6.54 Å². The second kappa shape index (κ2) is 7.43. The Balaban J connectivity index is 1.56. The van der Waals surface area contributed by atoms with E-state index in [9.17, 15) is 13.6 Å². The smallest absolute Gasteiger partial charge is 0.267 e. The minimum atomic E-state index is -0.989. The zero-order chi connectivity index (χ0) is 19.5. The Kier molecular flexibility index (Phi) is 4.67. The van der Waals surface area contributed by atoms with Gasteiger partial charge in [-0.1, -0.05) is 23.4 Å². The maximum Gasteiger partial charge on any atom is 0.267 e. The Morgan fingerprint density at radius 1 is 1.18 bits per heavy atom. The minimum absolute atomic E-state index is 0.0278. The average Bonchev–Trinajstić information content (AvgIpc) is 3.38. The average molecular weight is 380 g/mol. The molecule has 1 aromatic carbocycles. The fourth-order valence-corrected chi connectivity index (χ4v) is 2.79. The molecule has 0 radical (unpaired) electrons. The van der Waals surface area contributed by atoms with E-state index in [4.69, 9.17) is 4.52 Å². The highest BCUT2D eigenvalue weighted by molar-refractivity contribution is 5.94. The monoisotopic (exact) mass is 380 g/mol. The van der Waals surface area contributed by atoms with Crippen molar-refractivity contribution in [3.63, 3.8) is 0 Å². The van der Waals surface area contributed by atoms with Gasteiger partial charge in [-0.2, -0.15) is 0 Å². The Bertz CT molecular complexity index is 1120. The number of hydrogen-bond acceptors (Lipinski definition) is 4. The van der Waals surface area contributed by atoms with Crippen LogP contribution in [0.25, 0.3) is 22.4 Å². The van der Waals surface area contributed by atoms with Crippen LogP contribution < -0.4 is 5.32 Å². The Labute approximate surface area is 158 Å². The first-order valence-electron chi connectivity index (χ1n) is 8.38. The highest BCUT2D eigenvalue weighted by Gasteiger charge is 2.19. The number of H-pyrrole nitrogens is 1. The van der Waals surface area contributed by atoms with Gasteiger partial charge in [-0.15, -0.1) is 0 Å². The molecular formula is C20H14F2N4O2. The van der Waals surface area contributed by atoms with Crippen molar-refractivity contribution in [3.8, 4) is 22.4 Å². The molecule has 4 aromatic rings. The molecule has 140 valence electrons. The van der Waals surface area contributed by atoms with E-state index in [2.05, 4.69) is 20.4 Å². The molecule has 6 nitrogen and oxygen atoms in total. The van der Waals surface area contributed by atoms with Crippen LogP contribution in [-0.2, 0) is 6.54 Å². The van der Waals surface area contributed by atoms with Crippen molar-refractivity contribution in [1.82, 2.24) is 20.4 Å². The number of nitrogens with zero attached hydrogens (tertiary/aromatic N) is 2. The van der Waals surface area contributed by atoms with Crippen molar-refractivity contribution in [2.75, 3.05) is 0 Å². The molecular weight excluding hydrogens is 366 g/mol. The number of carbonyl (C=O) groups is 1. The molecule has 0 aliphatic carbocycles. The van der Waals surface area contributed by atoms with Gasteiger partial charge in [-0.3, -0.25) is 9.78 Å². The number of amides is 1. The van der Waals surface area contributed by atoms with Gasteiger partial charge in [0, 0.05) is 36.3 Å². The summed E-state index contributed by atoms with van der Waals surface area (Å²) < 4.78 is 32.6. The first-order valence-corrected chi connectivity index (χ1v) is 8.38. The quantitative estimate of drug-likeness (QED) is 0.549. The summed E-state index contributed by atoms with van der Waals surface area (Å²) in [6.45, 7) is 0.324. The standard InChI is InChI=1S/C20H14F2N4O2/c21-16-5-1-4-14(18(16)22)15-11-28-26-19(15)13-7-17(24-10-13)20(27)25-9-12-3-2-6-23-8-12/h1-8,10-11,24H,9H2,(H,25,27). The fraction of sp³-hybridized carbons (Fsp3) is 0.0500. The molecule has 0 atom stereocenters. The van der Waals surface area contributed by atoms with Gasteiger partial charge in [0.15, 0.2) is 11.6 Å². The first kappa shape index (κ1) is 17.6. The van der Waals surface area contributed by atoms with Crippen LogP contribution in [0.2, 0.25) is 0 Å². The third kappa shape index (κ3) is 3.39. The lowest BCUT2D eigenvalue weighted by Crippen LogP contribution is -2.23. The summed E-state index contributed by atoms with van der Waals surface area (Å²) in [5.41, 5.74) is 2.29. The minimum Gasteiger partial charge on any atom is -0.363 e. The lowest BCUT2D eigenvalue weighted by Gasteiger charge is -2.03. The Morgan fingerprint density at radius 3 is 2.89 bits per heavy atom. The predicted octanol–water partition coefficient (Wildman–Crippen LogP) is 3.94. The summed E-state index contributed by atoms with van der Waals surface area (Å²) in [7, 11) is 0. The van der Waals surface area contributed by atoms with Crippen molar-refractivity contribution in [1.29, 1.82) is 0 Å². The highest BCUT2D eigenvalue weighted by Crippen LogP contribution is 2.33. The number of aromatic amines is 1. The molecule has 3 heterocycles. The number of rotatable bonds is 5. The molecule has 0 aliphatic rings. The second-order valence-corrected chi connectivity index (χ2v) is 6.02. The van der Waals surface area contributed by atoms with E-state index in [0.29, 0.717) is 29.1 Å². The molecule has 2 N–H and O–H groups in total. The number of aromatic nitrogens is 3. The summed E-state index contributed by atoms with van der Waals surface area (Å²) in [5.74, 6) is -2.27. The number of halogens is 2. The molecule has 0 aliphatic heterocycles. The van der Waals surface area contributed by atoms with Gasteiger partial charge in [0.2, 0.25) is 0 Å². The molecule has 0 fully saturated rings. The zero-order valence-electron chi connectivity index (χ0n) is 14.4. The summed E-state index contributed by atoms with van der Waals surface area (Å²) in [6, 6.07) is 9.07.